The number of hydrogen-bond acceptors (Lipinski definition) is 8. The molecule has 2 heterocycles. The Hall–Kier alpha value is -2.36. The van der Waals surface area contributed by atoms with Crippen LogP contribution in [0.15, 0.2) is 47.0 Å². The lowest BCUT2D eigenvalue weighted by Gasteiger charge is -2.40. The molecule has 4 N–H and O–H groups in total. The van der Waals surface area contributed by atoms with Crippen molar-refractivity contribution in [3.05, 3.63) is 47.6 Å². The number of ketones is 1. The van der Waals surface area contributed by atoms with Crippen LogP contribution in [0.2, 0.25) is 0 Å². The van der Waals surface area contributed by atoms with E-state index in [4.69, 9.17) is 9.47 Å². The average Bonchev–Trinajstić information content (AvgIpc) is 2.70. The van der Waals surface area contributed by atoms with E-state index in [9.17, 15) is 25.2 Å². The second-order valence-electron chi connectivity index (χ2n) is 7.91. The number of aliphatic hydroxyl groups excluding tert-OH is 4. The van der Waals surface area contributed by atoms with Crippen LogP contribution in [0.1, 0.15) is 19.4 Å². The summed E-state index contributed by atoms with van der Waals surface area (Å²) in [6.45, 7) is 3.43. The average molecular weight is 401 g/mol. The molecule has 5 atom stereocenters. The molecule has 3 aliphatic rings. The minimum atomic E-state index is -1.52. The van der Waals surface area contributed by atoms with Gasteiger partial charge in [-0.3, -0.25) is 4.79 Å². The van der Waals surface area contributed by atoms with E-state index in [1.54, 1.807) is 30.4 Å². The zero-order chi connectivity index (χ0) is 20.9. The van der Waals surface area contributed by atoms with Crippen molar-refractivity contribution in [3.63, 3.8) is 0 Å². The van der Waals surface area contributed by atoms with Crippen molar-refractivity contribution in [1.82, 2.24) is 0 Å². The molecule has 2 aliphatic heterocycles. The summed E-state index contributed by atoms with van der Waals surface area (Å²) in [6.07, 6.45) is -2.01. The van der Waals surface area contributed by atoms with Gasteiger partial charge in [-0.15, -0.1) is 0 Å². The SMILES string of the molecule is CC1(C)C2=CC(=O)C=CC2=Nc2ccc(OC3O[C@H](CO)[C@@H](O)[C@H](O)[C@H]3O)cc21. The van der Waals surface area contributed by atoms with Gasteiger partial charge in [0.25, 0.3) is 0 Å². The molecule has 1 fully saturated rings. The number of benzene rings is 1. The van der Waals surface area contributed by atoms with E-state index in [0.717, 1.165) is 22.5 Å². The molecule has 154 valence electrons. The number of carbonyl (C=O) groups is 1. The van der Waals surface area contributed by atoms with E-state index in [0.29, 0.717) is 5.75 Å². The Morgan fingerprint density at radius 3 is 2.62 bits per heavy atom. The number of aliphatic imine (C=N–C) groups is 1. The fourth-order valence-electron chi connectivity index (χ4n) is 3.87. The Balaban J connectivity index is 1.65. The second-order valence-corrected chi connectivity index (χ2v) is 7.91. The number of ether oxygens (including phenoxy) is 2. The van der Waals surface area contributed by atoms with E-state index >= 15 is 0 Å². The van der Waals surface area contributed by atoms with Gasteiger partial charge in [-0.05, 0) is 47.6 Å². The first-order valence-electron chi connectivity index (χ1n) is 9.37. The van der Waals surface area contributed by atoms with Gasteiger partial charge >= 0.3 is 0 Å². The van der Waals surface area contributed by atoms with E-state index < -0.39 is 42.7 Å². The molecule has 29 heavy (non-hydrogen) atoms. The Morgan fingerprint density at radius 1 is 1.14 bits per heavy atom. The predicted molar refractivity (Wildman–Crippen MR) is 103 cm³/mol. The third-order valence-corrected chi connectivity index (χ3v) is 5.62. The number of fused-ring (bicyclic) bond motifs is 2. The molecule has 0 aromatic heterocycles. The summed E-state index contributed by atoms with van der Waals surface area (Å²) in [4.78, 5) is 16.5. The molecule has 0 saturated carbocycles. The zero-order valence-corrected chi connectivity index (χ0v) is 16.0. The number of allylic oxidation sites excluding steroid dienone is 4. The lowest BCUT2D eigenvalue weighted by atomic mass is 9.71. The molecule has 0 spiro atoms. The lowest BCUT2D eigenvalue weighted by Crippen LogP contribution is -2.60. The van der Waals surface area contributed by atoms with Crippen LogP contribution in [0.25, 0.3) is 0 Å². The van der Waals surface area contributed by atoms with Gasteiger partial charge in [-0.2, -0.15) is 0 Å². The second kappa shape index (κ2) is 7.16. The van der Waals surface area contributed by atoms with Crippen LogP contribution in [0, 0.1) is 0 Å². The smallest absolute Gasteiger partial charge is 0.229 e. The Labute approximate surface area is 167 Å². The number of carbonyl (C=O) groups excluding carboxylic acids is 1. The van der Waals surface area contributed by atoms with Gasteiger partial charge in [0.1, 0.15) is 30.2 Å². The van der Waals surface area contributed by atoms with Crippen LogP contribution in [0.3, 0.4) is 0 Å². The summed E-state index contributed by atoms with van der Waals surface area (Å²) in [7, 11) is 0. The Kier molecular flexibility index (Phi) is 4.92. The van der Waals surface area contributed by atoms with Crippen molar-refractivity contribution in [2.75, 3.05) is 6.61 Å². The Morgan fingerprint density at radius 2 is 1.90 bits per heavy atom. The van der Waals surface area contributed by atoms with E-state index in [-0.39, 0.29) is 5.78 Å². The van der Waals surface area contributed by atoms with Crippen molar-refractivity contribution in [3.8, 4) is 5.75 Å². The normalized spacial score (nSPS) is 32.8. The van der Waals surface area contributed by atoms with Crippen LogP contribution in [-0.2, 0) is 14.9 Å². The number of rotatable bonds is 3. The molecular formula is C21H23NO7. The molecule has 0 amide bonds. The number of nitrogens with zero attached hydrogens (tertiary/aromatic N) is 1. The van der Waals surface area contributed by atoms with E-state index in [2.05, 4.69) is 4.99 Å². The minimum Gasteiger partial charge on any atom is -0.462 e. The van der Waals surface area contributed by atoms with Gasteiger partial charge in [-0.25, -0.2) is 4.99 Å². The lowest BCUT2D eigenvalue weighted by molar-refractivity contribution is -0.277. The van der Waals surface area contributed by atoms with Gasteiger partial charge in [0, 0.05) is 5.41 Å². The molecule has 1 aliphatic carbocycles. The Bertz CT molecular complexity index is 931. The van der Waals surface area contributed by atoms with Crippen molar-refractivity contribution >= 4 is 17.2 Å². The van der Waals surface area contributed by atoms with Crippen LogP contribution >= 0.6 is 0 Å². The monoisotopic (exact) mass is 401 g/mol. The van der Waals surface area contributed by atoms with Crippen molar-refractivity contribution in [2.45, 2.75) is 50.0 Å². The largest absolute Gasteiger partial charge is 0.462 e. The highest BCUT2D eigenvalue weighted by Crippen LogP contribution is 2.45. The summed E-state index contributed by atoms with van der Waals surface area (Å²) in [6, 6.07) is 5.18. The highest BCUT2D eigenvalue weighted by molar-refractivity contribution is 6.22. The van der Waals surface area contributed by atoms with Gasteiger partial charge < -0.3 is 29.9 Å². The molecule has 1 unspecified atom stereocenters. The van der Waals surface area contributed by atoms with Crippen LogP contribution in [0.4, 0.5) is 5.69 Å². The standard InChI is InChI=1S/C21H23NO7/c1-21(2)12-7-10(24)3-5-14(12)22-15-6-4-11(8-13(15)21)28-20-19(27)18(26)17(25)16(9-23)29-20/h3-8,16-20,23,25-27H,9H2,1-2H3/t16-,17-,18+,19-,20?/m1/s1. The van der Waals surface area contributed by atoms with Gasteiger partial charge in [0.2, 0.25) is 6.29 Å². The van der Waals surface area contributed by atoms with Crippen molar-refractivity contribution in [2.24, 2.45) is 4.99 Å². The minimum absolute atomic E-state index is 0.0933. The first-order valence-corrected chi connectivity index (χ1v) is 9.37. The van der Waals surface area contributed by atoms with E-state index in [1.165, 1.54) is 6.08 Å². The zero-order valence-electron chi connectivity index (χ0n) is 16.0. The molecule has 1 aromatic rings. The molecule has 8 heteroatoms. The third kappa shape index (κ3) is 3.33. The summed E-state index contributed by atoms with van der Waals surface area (Å²) in [5.74, 6) is 0.266. The topological polar surface area (TPSA) is 129 Å². The molecule has 0 bridgehead atoms. The number of hydrogen-bond donors (Lipinski definition) is 4. The molecule has 8 nitrogen and oxygen atoms in total. The maximum absolute atomic E-state index is 11.8. The summed E-state index contributed by atoms with van der Waals surface area (Å²) >= 11 is 0. The van der Waals surface area contributed by atoms with E-state index in [1.807, 2.05) is 13.8 Å². The fraction of sp³-hybridized carbons (Fsp3) is 0.429. The first-order chi connectivity index (χ1) is 13.7. The maximum Gasteiger partial charge on any atom is 0.229 e. The van der Waals surface area contributed by atoms with Crippen LogP contribution < -0.4 is 4.74 Å². The summed E-state index contributed by atoms with van der Waals surface area (Å²) in [5.41, 5.74) is 2.61. The predicted octanol–water partition coefficient (Wildman–Crippen LogP) is 0.294. The summed E-state index contributed by atoms with van der Waals surface area (Å²) in [5, 5.41) is 39.3. The molecule has 1 saturated heterocycles. The quantitative estimate of drug-likeness (QED) is 0.536. The van der Waals surface area contributed by atoms with Gasteiger partial charge in [0.05, 0.1) is 18.0 Å². The van der Waals surface area contributed by atoms with Crippen molar-refractivity contribution < 1.29 is 34.7 Å². The summed E-state index contributed by atoms with van der Waals surface area (Å²) < 4.78 is 11.1. The fourth-order valence-corrected chi connectivity index (χ4v) is 3.87. The molecule has 0 radical (unpaired) electrons. The molecular weight excluding hydrogens is 378 g/mol. The molecule has 1 aromatic carbocycles. The highest BCUT2D eigenvalue weighted by Gasteiger charge is 2.45. The van der Waals surface area contributed by atoms with Crippen LogP contribution in [-0.4, -0.2) is 69.2 Å². The maximum atomic E-state index is 11.8. The van der Waals surface area contributed by atoms with Crippen molar-refractivity contribution in [1.29, 1.82) is 0 Å². The number of aliphatic hydroxyl groups is 4. The van der Waals surface area contributed by atoms with Gasteiger partial charge in [-0.1, -0.05) is 13.8 Å². The third-order valence-electron chi connectivity index (χ3n) is 5.62. The first kappa shape index (κ1) is 19.9. The van der Waals surface area contributed by atoms with Gasteiger partial charge in [0.15, 0.2) is 5.78 Å². The van der Waals surface area contributed by atoms with Crippen LogP contribution in [0.5, 0.6) is 5.75 Å². The molecule has 4 rings (SSSR count). The highest BCUT2D eigenvalue weighted by atomic mass is 16.7.